The third kappa shape index (κ3) is 4.02. The van der Waals surface area contributed by atoms with Gasteiger partial charge in [-0.15, -0.1) is 0 Å². The SMILES string of the molecule is O=C(NCCn1nc(C(=O)NC2CC2)c2c1CCOC2)c1cc(Cl)ccc1F. The number of hydrogen-bond donors (Lipinski definition) is 2. The summed E-state index contributed by atoms with van der Waals surface area (Å²) < 4.78 is 21.0. The van der Waals surface area contributed by atoms with Crippen LogP contribution in [0.1, 0.15) is 44.9 Å². The second-order valence-corrected chi connectivity index (χ2v) is 7.36. The monoisotopic (exact) mass is 406 g/mol. The fourth-order valence-corrected chi connectivity index (χ4v) is 3.37. The predicted molar refractivity (Wildman–Crippen MR) is 99.8 cm³/mol. The molecule has 2 aromatic rings. The first-order valence-corrected chi connectivity index (χ1v) is 9.61. The van der Waals surface area contributed by atoms with Crippen LogP contribution in [-0.2, 0) is 24.3 Å². The molecule has 1 aliphatic carbocycles. The van der Waals surface area contributed by atoms with Gasteiger partial charge in [0.25, 0.3) is 11.8 Å². The van der Waals surface area contributed by atoms with Gasteiger partial charge in [0.2, 0.25) is 0 Å². The van der Waals surface area contributed by atoms with Crippen molar-refractivity contribution in [1.29, 1.82) is 0 Å². The lowest BCUT2D eigenvalue weighted by molar-refractivity contribution is 0.0921. The Bertz CT molecular complexity index is 926. The van der Waals surface area contributed by atoms with Crippen molar-refractivity contribution in [3.8, 4) is 0 Å². The lowest BCUT2D eigenvalue weighted by Crippen LogP contribution is -2.29. The molecule has 0 unspecified atom stereocenters. The molecule has 1 fully saturated rings. The number of benzene rings is 1. The van der Waals surface area contributed by atoms with E-state index in [1.165, 1.54) is 12.1 Å². The summed E-state index contributed by atoms with van der Waals surface area (Å²) in [6.07, 6.45) is 2.64. The van der Waals surface area contributed by atoms with E-state index >= 15 is 0 Å². The highest BCUT2D eigenvalue weighted by Gasteiger charge is 2.29. The number of nitrogens with zero attached hydrogens (tertiary/aromatic N) is 2. The van der Waals surface area contributed by atoms with Gasteiger partial charge in [0, 0.05) is 35.3 Å². The first-order valence-electron chi connectivity index (χ1n) is 9.23. The van der Waals surface area contributed by atoms with Crippen molar-refractivity contribution in [2.45, 2.75) is 38.5 Å². The molecule has 0 saturated heterocycles. The van der Waals surface area contributed by atoms with Crippen LogP contribution in [0.3, 0.4) is 0 Å². The van der Waals surface area contributed by atoms with E-state index in [4.69, 9.17) is 16.3 Å². The Kier molecular flexibility index (Phi) is 5.32. The van der Waals surface area contributed by atoms with Crippen molar-refractivity contribution in [3.05, 3.63) is 51.6 Å². The van der Waals surface area contributed by atoms with Gasteiger partial charge < -0.3 is 15.4 Å². The van der Waals surface area contributed by atoms with E-state index in [1.54, 1.807) is 4.68 Å². The molecule has 148 valence electrons. The summed E-state index contributed by atoms with van der Waals surface area (Å²) in [4.78, 5) is 24.7. The molecule has 1 saturated carbocycles. The number of hydrogen-bond acceptors (Lipinski definition) is 4. The fourth-order valence-electron chi connectivity index (χ4n) is 3.20. The lowest BCUT2D eigenvalue weighted by Gasteiger charge is -2.15. The standard InChI is InChI=1S/C19H20ClFN4O3/c20-11-1-4-15(21)13(9-11)18(26)22-6-7-25-16-5-8-28-10-14(16)17(24-25)19(27)23-12-2-3-12/h1,4,9,12H,2-3,5-8,10H2,(H,22,26)(H,23,27). The minimum atomic E-state index is -0.630. The van der Waals surface area contributed by atoms with Crippen molar-refractivity contribution in [3.63, 3.8) is 0 Å². The Labute approximate surface area is 166 Å². The molecular weight excluding hydrogens is 387 g/mol. The highest BCUT2D eigenvalue weighted by molar-refractivity contribution is 6.31. The number of halogens is 2. The largest absolute Gasteiger partial charge is 0.376 e. The van der Waals surface area contributed by atoms with Gasteiger partial charge in [-0.05, 0) is 31.0 Å². The van der Waals surface area contributed by atoms with Crippen LogP contribution in [0.15, 0.2) is 18.2 Å². The van der Waals surface area contributed by atoms with Crippen molar-refractivity contribution in [2.75, 3.05) is 13.2 Å². The van der Waals surface area contributed by atoms with Crippen LogP contribution in [0.5, 0.6) is 0 Å². The van der Waals surface area contributed by atoms with Crippen LogP contribution in [0, 0.1) is 5.82 Å². The molecule has 28 heavy (non-hydrogen) atoms. The third-order valence-electron chi connectivity index (χ3n) is 4.81. The van der Waals surface area contributed by atoms with Crippen LogP contribution < -0.4 is 10.6 Å². The minimum absolute atomic E-state index is 0.104. The minimum Gasteiger partial charge on any atom is -0.376 e. The summed E-state index contributed by atoms with van der Waals surface area (Å²) in [7, 11) is 0. The third-order valence-corrected chi connectivity index (χ3v) is 5.04. The predicted octanol–water partition coefficient (Wildman–Crippen LogP) is 2.07. The summed E-state index contributed by atoms with van der Waals surface area (Å²) in [5.74, 6) is -1.36. The molecular formula is C19H20ClFN4O3. The maximum absolute atomic E-state index is 13.8. The Morgan fingerprint density at radius 3 is 2.93 bits per heavy atom. The fraction of sp³-hybridized carbons (Fsp3) is 0.421. The lowest BCUT2D eigenvalue weighted by atomic mass is 10.1. The number of ether oxygens (including phenoxy) is 1. The van der Waals surface area contributed by atoms with E-state index in [0.29, 0.717) is 36.9 Å². The van der Waals surface area contributed by atoms with E-state index in [2.05, 4.69) is 15.7 Å². The first kappa shape index (κ1) is 18.9. The average molecular weight is 407 g/mol. The number of aromatic nitrogens is 2. The molecule has 2 amide bonds. The molecule has 7 nitrogen and oxygen atoms in total. The Morgan fingerprint density at radius 1 is 1.32 bits per heavy atom. The van der Waals surface area contributed by atoms with Crippen LogP contribution in [0.25, 0.3) is 0 Å². The van der Waals surface area contributed by atoms with E-state index in [0.717, 1.165) is 30.2 Å². The Morgan fingerprint density at radius 2 is 2.14 bits per heavy atom. The molecule has 2 N–H and O–H groups in total. The van der Waals surface area contributed by atoms with Gasteiger partial charge in [0.15, 0.2) is 5.69 Å². The van der Waals surface area contributed by atoms with E-state index in [1.807, 2.05) is 0 Å². The first-order chi connectivity index (χ1) is 13.5. The highest BCUT2D eigenvalue weighted by Crippen LogP contribution is 2.23. The van der Waals surface area contributed by atoms with Crippen molar-refractivity contribution < 1.29 is 18.7 Å². The number of fused-ring (bicyclic) bond motifs is 1. The molecule has 2 aliphatic rings. The maximum Gasteiger partial charge on any atom is 0.272 e. The molecule has 4 rings (SSSR count). The molecule has 0 radical (unpaired) electrons. The van der Waals surface area contributed by atoms with E-state index in [9.17, 15) is 14.0 Å². The second kappa shape index (κ2) is 7.89. The molecule has 1 aromatic carbocycles. The van der Waals surface area contributed by atoms with E-state index < -0.39 is 11.7 Å². The number of carbonyl (C=O) groups is 2. The van der Waals surface area contributed by atoms with Crippen LogP contribution >= 0.6 is 11.6 Å². The Balaban J connectivity index is 1.44. The number of amides is 2. The normalized spacial score (nSPS) is 15.8. The summed E-state index contributed by atoms with van der Waals surface area (Å²) in [6.45, 7) is 1.52. The maximum atomic E-state index is 13.8. The van der Waals surface area contributed by atoms with Crippen molar-refractivity contribution in [2.24, 2.45) is 0 Å². The number of carbonyl (C=O) groups excluding carboxylic acids is 2. The van der Waals surface area contributed by atoms with Gasteiger partial charge in [-0.25, -0.2) is 4.39 Å². The molecule has 2 heterocycles. The molecule has 0 spiro atoms. The van der Waals surface area contributed by atoms with Gasteiger partial charge in [-0.3, -0.25) is 14.3 Å². The topological polar surface area (TPSA) is 85.2 Å². The second-order valence-electron chi connectivity index (χ2n) is 6.93. The highest BCUT2D eigenvalue weighted by atomic mass is 35.5. The summed E-state index contributed by atoms with van der Waals surface area (Å²) in [6, 6.07) is 4.08. The van der Waals surface area contributed by atoms with Crippen molar-refractivity contribution in [1.82, 2.24) is 20.4 Å². The smallest absolute Gasteiger partial charge is 0.272 e. The Hall–Kier alpha value is -2.45. The van der Waals surface area contributed by atoms with Crippen LogP contribution in [-0.4, -0.2) is 40.8 Å². The van der Waals surface area contributed by atoms with E-state index in [-0.39, 0.29) is 24.1 Å². The number of rotatable bonds is 6. The average Bonchev–Trinajstić information content (AvgIpc) is 3.42. The van der Waals surface area contributed by atoms with Crippen molar-refractivity contribution >= 4 is 23.4 Å². The van der Waals surface area contributed by atoms with Gasteiger partial charge in [-0.1, -0.05) is 11.6 Å². The molecule has 9 heteroatoms. The quantitative estimate of drug-likeness (QED) is 0.769. The summed E-state index contributed by atoms with van der Waals surface area (Å²) >= 11 is 5.83. The molecule has 0 bridgehead atoms. The van der Waals surface area contributed by atoms with Crippen LogP contribution in [0.2, 0.25) is 5.02 Å². The van der Waals surface area contributed by atoms with Gasteiger partial charge in [0.1, 0.15) is 5.82 Å². The number of nitrogens with one attached hydrogen (secondary N) is 2. The van der Waals surface area contributed by atoms with Gasteiger partial charge in [-0.2, -0.15) is 5.10 Å². The zero-order chi connectivity index (χ0) is 19.7. The summed E-state index contributed by atoms with van der Waals surface area (Å²) in [5.41, 5.74) is 2.02. The van der Waals surface area contributed by atoms with Gasteiger partial charge >= 0.3 is 0 Å². The van der Waals surface area contributed by atoms with Gasteiger partial charge in [0.05, 0.1) is 25.3 Å². The zero-order valence-corrected chi connectivity index (χ0v) is 15.9. The molecule has 1 aromatic heterocycles. The molecule has 1 aliphatic heterocycles. The molecule has 0 atom stereocenters. The van der Waals surface area contributed by atoms with Crippen LogP contribution in [0.4, 0.5) is 4.39 Å². The zero-order valence-electron chi connectivity index (χ0n) is 15.1. The summed E-state index contributed by atoms with van der Waals surface area (Å²) in [5, 5.41) is 10.4.